The van der Waals surface area contributed by atoms with Gasteiger partial charge in [0.1, 0.15) is 0 Å². The number of aliphatic imine (C=N–C) groups is 1. The number of nitrogens with zero attached hydrogens (tertiary/aromatic N) is 4. The molecule has 6 nitrogen and oxygen atoms in total. The first-order valence-electron chi connectivity index (χ1n) is 11.7. The highest BCUT2D eigenvalue weighted by atomic mass is 15.3. The van der Waals surface area contributed by atoms with Crippen LogP contribution in [0, 0.1) is 19.8 Å². The minimum atomic E-state index is 0.267. The lowest BCUT2D eigenvalue weighted by Gasteiger charge is -2.32. The molecule has 0 radical (unpaired) electrons. The molecule has 6 heteroatoms. The van der Waals surface area contributed by atoms with Crippen LogP contribution in [0.1, 0.15) is 56.1 Å². The zero-order valence-electron chi connectivity index (χ0n) is 20.2. The molecule has 0 aliphatic carbocycles. The van der Waals surface area contributed by atoms with Crippen molar-refractivity contribution >= 4 is 11.6 Å². The van der Waals surface area contributed by atoms with E-state index in [-0.39, 0.29) is 6.04 Å². The zero-order chi connectivity index (χ0) is 22.4. The van der Waals surface area contributed by atoms with Crippen molar-refractivity contribution < 1.29 is 0 Å². The quantitative estimate of drug-likeness (QED) is 0.522. The Balaban J connectivity index is 1.58. The van der Waals surface area contributed by atoms with E-state index < -0.39 is 0 Å². The maximum atomic E-state index is 4.83. The summed E-state index contributed by atoms with van der Waals surface area (Å²) in [5.74, 6) is 1.72. The smallest absolute Gasteiger partial charge is 0.191 e. The first kappa shape index (κ1) is 23.2. The van der Waals surface area contributed by atoms with E-state index in [1.54, 1.807) is 0 Å². The Morgan fingerprint density at radius 2 is 1.87 bits per heavy atom. The fourth-order valence-corrected chi connectivity index (χ4v) is 4.27. The average Bonchev–Trinajstić information content (AvgIpc) is 2.99. The van der Waals surface area contributed by atoms with Crippen LogP contribution in [0.3, 0.4) is 0 Å². The Morgan fingerprint density at radius 1 is 1.19 bits per heavy atom. The molecular formula is C25H40N6. The number of piperidine rings is 1. The number of aromatic nitrogens is 2. The lowest BCUT2D eigenvalue weighted by molar-refractivity contribution is 0.438. The van der Waals surface area contributed by atoms with Gasteiger partial charge in [0.15, 0.2) is 5.96 Å². The second kappa shape index (κ2) is 10.7. The van der Waals surface area contributed by atoms with Crippen molar-refractivity contribution in [1.82, 2.24) is 20.4 Å². The Bertz CT molecular complexity index is 859. The average molecular weight is 425 g/mol. The number of nitrogens with one attached hydrogen (secondary N) is 2. The summed E-state index contributed by atoms with van der Waals surface area (Å²) < 4.78 is 1.96. The van der Waals surface area contributed by atoms with Gasteiger partial charge in [-0.3, -0.25) is 4.68 Å². The minimum Gasteiger partial charge on any atom is -0.372 e. The van der Waals surface area contributed by atoms with E-state index in [4.69, 9.17) is 4.99 Å². The molecule has 1 fully saturated rings. The van der Waals surface area contributed by atoms with Crippen LogP contribution in [0.4, 0.5) is 5.69 Å². The third-order valence-corrected chi connectivity index (χ3v) is 6.40. The monoisotopic (exact) mass is 424 g/mol. The second-order valence-corrected chi connectivity index (χ2v) is 9.05. The van der Waals surface area contributed by atoms with E-state index in [1.807, 2.05) is 11.7 Å². The van der Waals surface area contributed by atoms with Crippen LogP contribution in [0.15, 0.2) is 29.3 Å². The number of hydrogen-bond acceptors (Lipinski definition) is 3. The van der Waals surface area contributed by atoms with Crippen molar-refractivity contribution in [1.29, 1.82) is 0 Å². The van der Waals surface area contributed by atoms with Crippen molar-refractivity contribution in [2.75, 3.05) is 24.5 Å². The molecule has 1 saturated heterocycles. The van der Waals surface area contributed by atoms with E-state index >= 15 is 0 Å². The van der Waals surface area contributed by atoms with Crippen LogP contribution in [0.2, 0.25) is 0 Å². The van der Waals surface area contributed by atoms with E-state index in [9.17, 15) is 0 Å². The molecule has 2 heterocycles. The molecule has 1 unspecified atom stereocenters. The lowest BCUT2D eigenvalue weighted by atomic mass is 9.99. The minimum absolute atomic E-state index is 0.267. The molecule has 0 amide bonds. The van der Waals surface area contributed by atoms with Crippen LogP contribution < -0.4 is 15.5 Å². The summed E-state index contributed by atoms with van der Waals surface area (Å²) in [4.78, 5) is 7.33. The first-order valence-corrected chi connectivity index (χ1v) is 11.7. The summed E-state index contributed by atoms with van der Waals surface area (Å²) >= 11 is 0. The van der Waals surface area contributed by atoms with Crippen LogP contribution >= 0.6 is 0 Å². The molecule has 3 rings (SSSR count). The molecule has 2 N–H and O–H groups in total. The van der Waals surface area contributed by atoms with Crippen LogP contribution in [-0.2, 0) is 20.0 Å². The highest BCUT2D eigenvalue weighted by Gasteiger charge is 2.16. The van der Waals surface area contributed by atoms with E-state index in [1.165, 1.54) is 48.4 Å². The Kier molecular flexibility index (Phi) is 7.99. The highest BCUT2D eigenvalue weighted by Crippen LogP contribution is 2.23. The van der Waals surface area contributed by atoms with Gasteiger partial charge in [-0.25, -0.2) is 4.99 Å². The molecule has 1 aromatic heterocycles. The van der Waals surface area contributed by atoms with Crippen molar-refractivity contribution in [2.45, 2.75) is 66.5 Å². The van der Waals surface area contributed by atoms with Gasteiger partial charge in [-0.15, -0.1) is 0 Å². The van der Waals surface area contributed by atoms with Gasteiger partial charge < -0.3 is 15.5 Å². The molecule has 2 aromatic rings. The molecule has 1 aliphatic rings. The molecular weight excluding hydrogens is 384 g/mol. The molecule has 1 atom stereocenters. The number of benzene rings is 1. The maximum Gasteiger partial charge on any atom is 0.191 e. The van der Waals surface area contributed by atoms with E-state index in [0.29, 0.717) is 6.54 Å². The molecule has 170 valence electrons. The van der Waals surface area contributed by atoms with Gasteiger partial charge in [-0.1, -0.05) is 19.1 Å². The largest absolute Gasteiger partial charge is 0.372 e. The number of rotatable bonds is 7. The lowest BCUT2D eigenvalue weighted by Crippen LogP contribution is -2.43. The third-order valence-electron chi connectivity index (χ3n) is 6.40. The van der Waals surface area contributed by atoms with Gasteiger partial charge in [0.2, 0.25) is 0 Å². The Labute approximate surface area is 188 Å². The summed E-state index contributed by atoms with van der Waals surface area (Å²) in [5, 5.41) is 11.5. The normalized spacial score (nSPS) is 16.5. The molecule has 31 heavy (non-hydrogen) atoms. The molecule has 0 spiro atoms. The molecule has 0 bridgehead atoms. The first-order chi connectivity index (χ1) is 14.9. The standard InChI is InChI=1S/C25H40N6/c1-7-26-25(28-19(3)16-24-20(4)29-30(6)21(24)5)27-17-22-8-10-23(11-9-22)31-14-12-18(2)13-15-31/h8-11,18-19H,7,12-17H2,1-6H3,(H2,26,27,28). The third kappa shape index (κ3) is 6.25. The van der Waals surface area contributed by atoms with Gasteiger partial charge in [0.25, 0.3) is 0 Å². The van der Waals surface area contributed by atoms with Crippen LogP contribution in [-0.4, -0.2) is 41.4 Å². The number of aryl methyl sites for hydroxylation is 2. The summed E-state index contributed by atoms with van der Waals surface area (Å²) in [5.41, 5.74) is 6.23. The van der Waals surface area contributed by atoms with Crippen LogP contribution in [0.5, 0.6) is 0 Å². The van der Waals surface area contributed by atoms with Crippen LogP contribution in [0.25, 0.3) is 0 Å². The molecule has 1 aliphatic heterocycles. The van der Waals surface area contributed by atoms with Gasteiger partial charge in [0.05, 0.1) is 12.2 Å². The van der Waals surface area contributed by atoms with Crippen molar-refractivity contribution in [2.24, 2.45) is 18.0 Å². The summed E-state index contributed by atoms with van der Waals surface area (Å²) in [7, 11) is 2.01. The SMILES string of the molecule is CCNC(=NCc1ccc(N2CCC(C)CC2)cc1)NC(C)Cc1c(C)nn(C)c1C. The van der Waals surface area contributed by atoms with Crippen molar-refractivity contribution in [3.05, 3.63) is 46.8 Å². The topological polar surface area (TPSA) is 57.5 Å². The number of anilines is 1. The van der Waals surface area contributed by atoms with Gasteiger partial charge >= 0.3 is 0 Å². The summed E-state index contributed by atoms with van der Waals surface area (Å²) in [6, 6.07) is 9.19. The Morgan fingerprint density at radius 3 is 2.45 bits per heavy atom. The summed E-state index contributed by atoms with van der Waals surface area (Å²) in [6.45, 7) is 14.7. The van der Waals surface area contributed by atoms with Gasteiger partial charge in [0, 0.05) is 44.1 Å². The fraction of sp³-hybridized carbons (Fsp3) is 0.600. The number of hydrogen-bond donors (Lipinski definition) is 2. The molecule has 1 aromatic carbocycles. The predicted molar refractivity (Wildman–Crippen MR) is 131 cm³/mol. The molecule has 0 saturated carbocycles. The van der Waals surface area contributed by atoms with Crippen molar-refractivity contribution in [3.8, 4) is 0 Å². The van der Waals surface area contributed by atoms with E-state index in [0.717, 1.165) is 30.5 Å². The Hall–Kier alpha value is -2.50. The maximum absolute atomic E-state index is 4.83. The zero-order valence-corrected chi connectivity index (χ0v) is 20.2. The predicted octanol–water partition coefficient (Wildman–Crippen LogP) is 3.96. The number of guanidine groups is 1. The van der Waals surface area contributed by atoms with E-state index in [2.05, 4.69) is 79.5 Å². The second-order valence-electron chi connectivity index (χ2n) is 9.05. The fourth-order valence-electron chi connectivity index (χ4n) is 4.27. The summed E-state index contributed by atoms with van der Waals surface area (Å²) in [6.07, 6.45) is 3.51. The van der Waals surface area contributed by atoms with Crippen molar-refractivity contribution in [3.63, 3.8) is 0 Å². The van der Waals surface area contributed by atoms with Gasteiger partial charge in [-0.05, 0) is 76.1 Å². The van der Waals surface area contributed by atoms with Gasteiger partial charge in [-0.2, -0.15) is 5.10 Å². The highest BCUT2D eigenvalue weighted by molar-refractivity contribution is 5.80.